The summed E-state index contributed by atoms with van der Waals surface area (Å²) < 4.78 is 5.81. The summed E-state index contributed by atoms with van der Waals surface area (Å²) in [6, 6.07) is 11.1. The highest BCUT2D eigenvalue weighted by Crippen LogP contribution is 2.39. The number of nitriles is 1. The Morgan fingerprint density at radius 1 is 1.35 bits per heavy atom. The monoisotopic (exact) mass is 270 g/mol. The molecule has 1 aromatic carbocycles. The van der Waals surface area contributed by atoms with Gasteiger partial charge in [-0.15, -0.1) is 0 Å². The molecule has 0 aliphatic heterocycles. The normalized spacial score (nSPS) is 19.6. The van der Waals surface area contributed by atoms with E-state index in [-0.39, 0.29) is 0 Å². The van der Waals surface area contributed by atoms with Crippen LogP contribution in [0.15, 0.2) is 24.3 Å². The molecule has 106 valence electrons. The van der Waals surface area contributed by atoms with E-state index >= 15 is 0 Å². The number of hydrogen-bond donors (Lipinski definition) is 0. The van der Waals surface area contributed by atoms with Crippen LogP contribution < -0.4 is 4.74 Å². The fraction of sp³-hybridized carbons (Fsp3) is 0.588. The molecule has 0 N–H and O–H groups in total. The Bertz CT molecular complexity index is 500. The third-order valence-electron chi connectivity index (χ3n) is 4.42. The van der Waals surface area contributed by atoms with Gasteiger partial charge in [-0.1, -0.05) is 6.07 Å². The van der Waals surface area contributed by atoms with Crippen molar-refractivity contribution in [3.05, 3.63) is 29.8 Å². The van der Waals surface area contributed by atoms with Crippen molar-refractivity contribution in [1.82, 2.24) is 4.90 Å². The lowest BCUT2D eigenvalue weighted by Gasteiger charge is -2.29. The smallest absolute Gasteiger partial charge is 0.120 e. The molecule has 1 atom stereocenters. The summed E-state index contributed by atoms with van der Waals surface area (Å²) in [5.74, 6) is 1.72. The SMILES string of the molecule is CC(C1CC1)N(CCOc1cccc(C#N)c1)C1CC1. The van der Waals surface area contributed by atoms with Crippen molar-refractivity contribution in [2.75, 3.05) is 13.2 Å². The zero-order chi connectivity index (χ0) is 13.9. The van der Waals surface area contributed by atoms with E-state index in [9.17, 15) is 0 Å². The summed E-state index contributed by atoms with van der Waals surface area (Å²) in [7, 11) is 0. The van der Waals surface area contributed by atoms with Crippen LogP contribution in [0.3, 0.4) is 0 Å². The van der Waals surface area contributed by atoms with E-state index in [1.165, 1.54) is 25.7 Å². The molecule has 0 aromatic heterocycles. The second-order valence-electron chi connectivity index (χ2n) is 6.04. The Labute approximate surface area is 121 Å². The van der Waals surface area contributed by atoms with E-state index < -0.39 is 0 Å². The first-order chi connectivity index (χ1) is 9.78. The highest BCUT2D eigenvalue weighted by atomic mass is 16.5. The van der Waals surface area contributed by atoms with E-state index in [0.29, 0.717) is 18.2 Å². The van der Waals surface area contributed by atoms with Crippen LogP contribution in [0.5, 0.6) is 5.75 Å². The number of hydrogen-bond acceptors (Lipinski definition) is 3. The van der Waals surface area contributed by atoms with Gasteiger partial charge in [0.15, 0.2) is 0 Å². The first-order valence-electron chi connectivity index (χ1n) is 7.66. The molecule has 3 nitrogen and oxygen atoms in total. The molecular weight excluding hydrogens is 248 g/mol. The van der Waals surface area contributed by atoms with Crippen LogP contribution in [-0.4, -0.2) is 30.1 Å². The standard InChI is InChI=1S/C17H22N2O/c1-13(15-5-6-15)19(16-7-8-16)9-10-20-17-4-2-3-14(11-17)12-18/h2-4,11,13,15-16H,5-10H2,1H3. The van der Waals surface area contributed by atoms with Gasteiger partial charge in [0, 0.05) is 18.6 Å². The van der Waals surface area contributed by atoms with Gasteiger partial charge >= 0.3 is 0 Å². The minimum atomic E-state index is 0.660. The third kappa shape index (κ3) is 3.32. The van der Waals surface area contributed by atoms with Gasteiger partial charge in [0.25, 0.3) is 0 Å². The van der Waals surface area contributed by atoms with Crippen LogP contribution in [0.25, 0.3) is 0 Å². The first kappa shape index (κ1) is 13.5. The van der Waals surface area contributed by atoms with Gasteiger partial charge in [-0.3, -0.25) is 4.90 Å². The average molecular weight is 270 g/mol. The molecule has 3 heteroatoms. The molecule has 2 saturated carbocycles. The van der Waals surface area contributed by atoms with Crippen molar-refractivity contribution in [1.29, 1.82) is 5.26 Å². The van der Waals surface area contributed by atoms with E-state index in [2.05, 4.69) is 17.9 Å². The fourth-order valence-electron chi connectivity index (χ4n) is 2.90. The summed E-state index contributed by atoms with van der Waals surface area (Å²) >= 11 is 0. The highest BCUT2D eigenvalue weighted by molar-refractivity contribution is 5.36. The van der Waals surface area contributed by atoms with Crippen molar-refractivity contribution in [3.63, 3.8) is 0 Å². The first-order valence-corrected chi connectivity index (χ1v) is 7.66. The van der Waals surface area contributed by atoms with Crippen LogP contribution in [0, 0.1) is 17.2 Å². The molecule has 0 saturated heterocycles. The van der Waals surface area contributed by atoms with Crippen molar-refractivity contribution < 1.29 is 4.74 Å². The van der Waals surface area contributed by atoms with E-state index in [4.69, 9.17) is 10.00 Å². The molecule has 0 radical (unpaired) electrons. The number of benzene rings is 1. The molecular formula is C17H22N2O. The van der Waals surface area contributed by atoms with Gasteiger partial charge < -0.3 is 4.74 Å². The van der Waals surface area contributed by atoms with E-state index in [0.717, 1.165) is 24.3 Å². The zero-order valence-electron chi connectivity index (χ0n) is 12.1. The Kier molecular flexibility index (Phi) is 3.93. The molecule has 2 aliphatic rings. The minimum Gasteiger partial charge on any atom is -0.492 e. The van der Waals surface area contributed by atoms with Crippen molar-refractivity contribution >= 4 is 0 Å². The summed E-state index contributed by atoms with van der Waals surface area (Å²) in [6.45, 7) is 4.08. The molecule has 2 fully saturated rings. The van der Waals surface area contributed by atoms with Crippen molar-refractivity contribution in [2.45, 2.75) is 44.7 Å². The molecule has 0 amide bonds. The zero-order valence-corrected chi connectivity index (χ0v) is 12.1. The van der Waals surface area contributed by atoms with Gasteiger partial charge in [-0.05, 0) is 56.7 Å². The summed E-state index contributed by atoms with van der Waals surface area (Å²) in [4.78, 5) is 2.63. The average Bonchev–Trinajstić information content (AvgIpc) is 3.35. The molecule has 1 aromatic rings. The maximum Gasteiger partial charge on any atom is 0.120 e. The predicted octanol–water partition coefficient (Wildman–Crippen LogP) is 3.20. The number of ether oxygens (including phenoxy) is 1. The Morgan fingerprint density at radius 2 is 2.15 bits per heavy atom. The maximum atomic E-state index is 8.88. The molecule has 20 heavy (non-hydrogen) atoms. The van der Waals surface area contributed by atoms with Crippen LogP contribution >= 0.6 is 0 Å². The lowest BCUT2D eigenvalue weighted by Crippen LogP contribution is -2.39. The van der Waals surface area contributed by atoms with E-state index in [1.807, 2.05) is 18.2 Å². The second kappa shape index (κ2) is 5.85. The molecule has 0 bridgehead atoms. The summed E-state index contributed by atoms with van der Waals surface area (Å²) in [6.07, 6.45) is 5.49. The lowest BCUT2D eigenvalue weighted by molar-refractivity contribution is 0.146. The summed E-state index contributed by atoms with van der Waals surface area (Å²) in [5, 5.41) is 8.88. The quantitative estimate of drug-likeness (QED) is 0.763. The Morgan fingerprint density at radius 3 is 2.80 bits per heavy atom. The summed E-state index contributed by atoms with van der Waals surface area (Å²) in [5.41, 5.74) is 0.660. The molecule has 0 heterocycles. The Balaban J connectivity index is 1.51. The largest absolute Gasteiger partial charge is 0.492 e. The van der Waals surface area contributed by atoms with Crippen LogP contribution in [-0.2, 0) is 0 Å². The molecule has 3 rings (SSSR count). The van der Waals surface area contributed by atoms with Gasteiger partial charge in [0.05, 0.1) is 11.6 Å². The van der Waals surface area contributed by atoms with Gasteiger partial charge in [0.1, 0.15) is 12.4 Å². The number of rotatable bonds is 7. The van der Waals surface area contributed by atoms with Crippen molar-refractivity contribution in [3.8, 4) is 11.8 Å². The second-order valence-corrected chi connectivity index (χ2v) is 6.04. The number of nitrogens with zero attached hydrogens (tertiary/aromatic N) is 2. The van der Waals surface area contributed by atoms with Gasteiger partial charge in [0.2, 0.25) is 0 Å². The topological polar surface area (TPSA) is 36.3 Å². The molecule has 1 unspecified atom stereocenters. The van der Waals surface area contributed by atoms with Crippen LogP contribution in [0.1, 0.15) is 38.2 Å². The molecule has 0 spiro atoms. The van der Waals surface area contributed by atoms with Crippen LogP contribution in [0.2, 0.25) is 0 Å². The van der Waals surface area contributed by atoms with E-state index in [1.54, 1.807) is 6.07 Å². The van der Waals surface area contributed by atoms with Crippen molar-refractivity contribution in [2.24, 2.45) is 5.92 Å². The highest BCUT2D eigenvalue weighted by Gasteiger charge is 2.38. The third-order valence-corrected chi connectivity index (χ3v) is 4.42. The lowest BCUT2D eigenvalue weighted by atomic mass is 10.2. The minimum absolute atomic E-state index is 0.660. The fourth-order valence-corrected chi connectivity index (χ4v) is 2.90. The Hall–Kier alpha value is -1.53. The molecule has 2 aliphatic carbocycles. The maximum absolute atomic E-state index is 8.88. The van der Waals surface area contributed by atoms with Gasteiger partial charge in [-0.25, -0.2) is 0 Å². The van der Waals surface area contributed by atoms with Crippen LogP contribution in [0.4, 0.5) is 0 Å². The predicted molar refractivity (Wildman–Crippen MR) is 78.6 cm³/mol. The van der Waals surface area contributed by atoms with Gasteiger partial charge in [-0.2, -0.15) is 5.26 Å².